The third-order valence-corrected chi connectivity index (χ3v) is 4.60. The monoisotopic (exact) mass is 469 g/mol. The molecule has 0 fully saturated rings. The SMILES string of the molecule is CCOC(=O)/C=C/C=C(\C)C[C@H](OC(=O)Nc1ccc(OC)cc1)c1ccc(OCCO)cc1. The lowest BCUT2D eigenvalue weighted by Gasteiger charge is -2.19. The van der Waals surface area contributed by atoms with E-state index in [1.165, 1.54) is 6.08 Å². The lowest BCUT2D eigenvalue weighted by atomic mass is 10.0. The zero-order chi connectivity index (χ0) is 24.8. The molecular weight excluding hydrogens is 438 g/mol. The maximum absolute atomic E-state index is 12.6. The lowest BCUT2D eigenvalue weighted by Crippen LogP contribution is -2.18. The van der Waals surface area contributed by atoms with E-state index in [2.05, 4.69) is 5.32 Å². The summed E-state index contributed by atoms with van der Waals surface area (Å²) in [6.07, 6.45) is 3.93. The fourth-order valence-electron chi connectivity index (χ4n) is 2.96. The second kappa shape index (κ2) is 14.4. The first kappa shape index (κ1) is 26.5. The van der Waals surface area contributed by atoms with Gasteiger partial charge in [0.15, 0.2) is 0 Å². The van der Waals surface area contributed by atoms with Gasteiger partial charge in [0.2, 0.25) is 0 Å². The summed E-state index contributed by atoms with van der Waals surface area (Å²) in [6.45, 7) is 4.04. The molecule has 1 atom stereocenters. The third kappa shape index (κ3) is 9.38. The smallest absolute Gasteiger partial charge is 0.412 e. The quantitative estimate of drug-likeness (QED) is 0.261. The molecule has 1 amide bonds. The molecule has 0 unspecified atom stereocenters. The molecule has 0 radical (unpaired) electrons. The highest BCUT2D eigenvalue weighted by atomic mass is 16.6. The molecule has 0 aromatic heterocycles. The van der Waals surface area contributed by atoms with Gasteiger partial charge < -0.3 is 24.1 Å². The lowest BCUT2D eigenvalue weighted by molar-refractivity contribution is -0.137. The van der Waals surface area contributed by atoms with Crippen LogP contribution in [0.5, 0.6) is 11.5 Å². The predicted molar refractivity (Wildman–Crippen MR) is 129 cm³/mol. The van der Waals surface area contributed by atoms with Crippen molar-refractivity contribution >= 4 is 17.7 Å². The molecule has 8 heteroatoms. The summed E-state index contributed by atoms with van der Waals surface area (Å²) in [7, 11) is 1.57. The van der Waals surface area contributed by atoms with Crippen molar-refractivity contribution in [2.24, 2.45) is 0 Å². The Morgan fingerprint density at radius 3 is 2.35 bits per heavy atom. The van der Waals surface area contributed by atoms with Crippen molar-refractivity contribution in [1.29, 1.82) is 0 Å². The van der Waals surface area contributed by atoms with Crippen LogP contribution >= 0.6 is 0 Å². The molecule has 0 spiro atoms. The normalized spacial score (nSPS) is 12.2. The molecule has 0 aliphatic heterocycles. The Balaban J connectivity index is 2.13. The van der Waals surface area contributed by atoms with Crippen molar-refractivity contribution in [2.75, 3.05) is 32.2 Å². The average molecular weight is 470 g/mol. The molecule has 0 saturated heterocycles. The molecule has 2 rings (SSSR count). The van der Waals surface area contributed by atoms with E-state index in [0.717, 1.165) is 11.1 Å². The molecule has 0 heterocycles. The zero-order valence-electron chi connectivity index (χ0n) is 19.7. The van der Waals surface area contributed by atoms with Gasteiger partial charge in [-0.05, 0) is 55.8 Å². The van der Waals surface area contributed by atoms with Crippen molar-refractivity contribution in [3.8, 4) is 11.5 Å². The van der Waals surface area contributed by atoms with Crippen LogP contribution in [-0.2, 0) is 14.3 Å². The topological polar surface area (TPSA) is 103 Å². The van der Waals surface area contributed by atoms with E-state index in [1.54, 1.807) is 74.7 Å². The van der Waals surface area contributed by atoms with Crippen LogP contribution in [0.1, 0.15) is 31.9 Å². The number of nitrogens with one attached hydrogen (secondary N) is 1. The maximum atomic E-state index is 12.6. The van der Waals surface area contributed by atoms with E-state index in [0.29, 0.717) is 30.2 Å². The highest BCUT2D eigenvalue weighted by Gasteiger charge is 2.18. The number of methoxy groups -OCH3 is 1. The number of benzene rings is 2. The van der Waals surface area contributed by atoms with E-state index in [4.69, 9.17) is 24.1 Å². The Morgan fingerprint density at radius 1 is 1.06 bits per heavy atom. The van der Waals surface area contributed by atoms with Gasteiger partial charge >= 0.3 is 12.1 Å². The minimum atomic E-state index is -0.606. The molecule has 2 aromatic carbocycles. The van der Waals surface area contributed by atoms with Crippen LogP contribution in [0.15, 0.2) is 72.3 Å². The molecule has 2 N–H and O–H groups in total. The number of aliphatic hydroxyl groups excluding tert-OH is 1. The number of aliphatic hydroxyl groups is 1. The minimum absolute atomic E-state index is 0.0810. The van der Waals surface area contributed by atoms with Crippen molar-refractivity contribution in [3.05, 3.63) is 77.9 Å². The highest BCUT2D eigenvalue weighted by molar-refractivity contribution is 5.85. The van der Waals surface area contributed by atoms with E-state index < -0.39 is 18.2 Å². The van der Waals surface area contributed by atoms with E-state index in [-0.39, 0.29) is 13.2 Å². The van der Waals surface area contributed by atoms with Crippen molar-refractivity contribution in [2.45, 2.75) is 26.4 Å². The Hall–Kier alpha value is -3.78. The summed E-state index contributed by atoms with van der Waals surface area (Å²) in [5, 5.41) is 11.6. The Bertz CT molecular complexity index is 966. The first-order chi connectivity index (χ1) is 16.4. The van der Waals surface area contributed by atoms with Crippen LogP contribution in [0, 0.1) is 0 Å². The van der Waals surface area contributed by atoms with Crippen LogP contribution in [0.25, 0.3) is 0 Å². The first-order valence-corrected chi connectivity index (χ1v) is 10.9. The Morgan fingerprint density at radius 2 is 1.74 bits per heavy atom. The number of hydrogen-bond acceptors (Lipinski definition) is 7. The summed E-state index contributed by atoms with van der Waals surface area (Å²) in [4.78, 5) is 24.1. The number of ether oxygens (including phenoxy) is 4. The van der Waals surface area contributed by atoms with Crippen LogP contribution in [0.3, 0.4) is 0 Å². The van der Waals surface area contributed by atoms with Gasteiger partial charge in [-0.15, -0.1) is 0 Å². The van der Waals surface area contributed by atoms with Crippen molar-refractivity contribution in [1.82, 2.24) is 0 Å². The fourth-order valence-corrected chi connectivity index (χ4v) is 2.96. The summed E-state index contributed by atoms with van der Waals surface area (Å²) in [5.74, 6) is 0.859. The standard InChI is InChI=1S/C26H31NO7/c1-4-32-25(29)7-5-6-19(2)18-24(20-8-12-23(13-9-20)33-17-16-28)34-26(30)27-21-10-14-22(31-3)15-11-21/h5-15,24,28H,4,16-18H2,1-3H3,(H,27,30)/b7-5+,19-6+/t24-/m0/s1. The van der Waals surface area contributed by atoms with Gasteiger partial charge in [0.25, 0.3) is 0 Å². The van der Waals surface area contributed by atoms with E-state index >= 15 is 0 Å². The van der Waals surface area contributed by atoms with Crippen molar-refractivity contribution < 1.29 is 33.6 Å². The number of hydrogen-bond donors (Lipinski definition) is 2. The molecule has 8 nitrogen and oxygen atoms in total. The number of esters is 1. The average Bonchev–Trinajstić information content (AvgIpc) is 2.83. The number of carbonyl (C=O) groups is 2. The summed E-state index contributed by atoms with van der Waals surface area (Å²) in [5.41, 5.74) is 2.23. The Kier molecular flexibility index (Phi) is 11.2. The second-order valence-corrected chi connectivity index (χ2v) is 7.22. The number of carbonyl (C=O) groups excluding carboxylic acids is 2. The van der Waals surface area contributed by atoms with Crippen LogP contribution in [0.2, 0.25) is 0 Å². The van der Waals surface area contributed by atoms with Gasteiger partial charge in [-0.25, -0.2) is 9.59 Å². The number of allylic oxidation sites excluding steroid dienone is 2. The molecule has 182 valence electrons. The molecule has 0 aliphatic rings. The summed E-state index contributed by atoms with van der Waals surface area (Å²) < 4.78 is 21.1. The van der Waals surface area contributed by atoms with Gasteiger partial charge in [0, 0.05) is 18.2 Å². The van der Waals surface area contributed by atoms with Gasteiger partial charge in [-0.1, -0.05) is 29.9 Å². The number of rotatable bonds is 12. The van der Waals surface area contributed by atoms with Crippen LogP contribution < -0.4 is 14.8 Å². The Labute approximate surface area is 199 Å². The maximum Gasteiger partial charge on any atom is 0.412 e. The molecule has 0 aliphatic carbocycles. The van der Waals surface area contributed by atoms with Crippen LogP contribution in [0.4, 0.5) is 10.5 Å². The predicted octanol–water partition coefficient (Wildman–Crippen LogP) is 4.81. The van der Waals surface area contributed by atoms with E-state index in [9.17, 15) is 9.59 Å². The largest absolute Gasteiger partial charge is 0.497 e. The molecular formula is C26H31NO7. The van der Waals surface area contributed by atoms with Crippen molar-refractivity contribution in [3.63, 3.8) is 0 Å². The summed E-state index contributed by atoms with van der Waals surface area (Å²) >= 11 is 0. The second-order valence-electron chi connectivity index (χ2n) is 7.22. The highest BCUT2D eigenvalue weighted by Crippen LogP contribution is 2.28. The minimum Gasteiger partial charge on any atom is -0.497 e. The number of anilines is 1. The zero-order valence-corrected chi connectivity index (χ0v) is 19.7. The summed E-state index contributed by atoms with van der Waals surface area (Å²) in [6, 6.07) is 14.0. The van der Waals surface area contributed by atoms with E-state index in [1.807, 2.05) is 6.92 Å². The molecule has 34 heavy (non-hydrogen) atoms. The van der Waals surface area contributed by atoms with Gasteiger partial charge in [-0.2, -0.15) is 0 Å². The van der Waals surface area contributed by atoms with Gasteiger partial charge in [-0.3, -0.25) is 5.32 Å². The third-order valence-electron chi connectivity index (χ3n) is 4.60. The molecule has 2 aromatic rings. The first-order valence-electron chi connectivity index (χ1n) is 10.9. The fraction of sp³-hybridized carbons (Fsp3) is 0.308. The molecule has 0 bridgehead atoms. The van der Waals surface area contributed by atoms with Gasteiger partial charge in [0.1, 0.15) is 24.2 Å². The van der Waals surface area contributed by atoms with Crippen LogP contribution in [-0.4, -0.2) is 44.1 Å². The molecule has 0 saturated carbocycles. The van der Waals surface area contributed by atoms with Gasteiger partial charge in [0.05, 0.1) is 20.3 Å². The number of amides is 1.